The summed E-state index contributed by atoms with van der Waals surface area (Å²) < 4.78 is 34.1. The largest absolute Gasteiger partial charge is 0.488 e. The third kappa shape index (κ3) is 8.42. The SMILES string of the molecule is CCCCc1cc(OC2CCN(CCCCNS(=O)(=O)CC3CCCCC3)CC2)c2ncccc2c1. The van der Waals surface area contributed by atoms with Crippen molar-refractivity contribution < 1.29 is 13.2 Å². The normalized spacial score (nSPS) is 18.6. The molecule has 36 heavy (non-hydrogen) atoms. The number of aromatic nitrogens is 1. The molecule has 2 aromatic rings. The Balaban J connectivity index is 1.17. The van der Waals surface area contributed by atoms with Crippen LogP contribution in [0.3, 0.4) is 0 Å². The average molecular weight is 516 g/mol. The Morgan fingerprint density at radius 3 is 2.64 bits per heavy atom. The smallest absolute Gasteiger partial charge is 0.211 e. The molecule has 7 heteroatoms. The molecule has 2 aliphatic rings. The van der Waals surface area contributed by atoms with Crippen LogP contribution in [0.4, 0.5) is 0 Å². The lowest BCUT2D eigenvalue weighted by atomic mass is 9.91. The van der Waals surface area contributed by atoms with Gasteiger partial charge in [0.2, 0.25) is 10.0 Å². The predicted octanol–water partition coefficient (Wildman–Crippen LogP) is 5.70. The average Bonchev–Trinajstić information content (AvgIpc) is 2.88. The highest BCUT2D eigenvalue weighted by Gasteiger charge is 2.23. The zero-order valence-electron chi connectivity index (χ0n) is 22.1. The number of ether oxygens (including phenoxy) is 1. The van der Waals surface area contributed by atoms with Gasteiger partial charge in [0.1, 0.15) is 17.4 Å². The number of fused-ring (bicyclic) bond motifs is 1. The number of likely N-dealkylation sites (tertiary alicyclic amines) is 1. The monoisotopic (exact) mass is 515 g/mol. The van der Waals surface area contributed by atoms with E-state index in [1.807, 2.05) is 12.3 Å². The second-order valence-corrected chi connectivity index (χ2v) is 12.7. The number of piperidine rings is 1. The van der Waals surface area contributed by atoms with Crippen LogP contribution in [0.15, 0.2) is 30.5 Å². The van der Waals surface area contributed by atoms with Gasteiger partial charge in [-0.1, -0.05) is 38.7 Å². The molecule has 0 amide bonds. The van der Waals surface area contributed by atoms with Gasteiger partial charge in [-0.15, -0.1) is 0 Å². The van der Waals surface area contributed by atoms with Crippen LogP contribution < -0.4 is 9.46 Å². The third-order valence-corrected chi connectivity index (χ3v) is 9.33. The number of benzene rings is 1. The number of unbranched alkanes of at least 4 members (excludes halogenated alkanes) is 2. The first-order chi connectivity index (χ1) is 17.5. The van der Waals surface area contributed by atoms with Crippen molar-refractivity contribution in [2.75, 3.05) is 31.9 Å². The van der Waals surface area contributed by atoms with Crippen LogP contribution in [0.2, 0.25) is 0 Å². The van der Waals surface area contributed by atoms with Gasteiger partial charge in [-0.2, -0.15) is 0 Å². The molecule has 200 valence electrons. The number of hydrogen-bond acceptors (Lipinski definition) is 5. The zero-order chi connectivity index (χ0) is 25.2. The van der Waals surface area contributed by atoms with Crippen molar-refractivity contribution in [3.05, 3.63) is 36.0 Å². The van der Waals surface area contributed by atoms with Gasteiger partial charge in [-0.05, 0) is 87.6 Å². The highest BCUT2D eigenvalue weighted by atomic mass is 32.2. The summed E-state index contributed by atoms with van der Waals surface area (Å²) >= 11 is 0. The van der Waals surface area contributed by atoms with Crippen LogP contribution >= 0.6 is 0 Å². The Kier molecular flexibility index (Phi) is 10.4. The molecule has 0 atom stereocenters. The maximum atomic E-state index is 12.4. The molecule has 4 rings (SSSR count). The lowest BCUT2D eigenvalue weighted by Gasteiger charge is -2.32. The maximum Gasteiger partial charge on any atom is 0.211 e. The summed E-state index contributed by atoms with van der Waals surface area (Å²) in [4.78, 5) is 7.10. The van der Waals surface area contributed by atoms with Crippen LogP contribution in [0.5, 0.6) is 5.75 Å². The van der Waals surface area contributed by atoms with Gasteiger partial charge < -0.3 is 9.64 Å². The fourth-order valence-electron chi connectivity index (χ4n) is 5.67. The standard InChI is InChI=1S/C29H45N3O3S/c1-2-3-10-25-21-26-13-9-16-30-29(26)28(22-25)35-27-14-19-32(20-15-27)18-8-7-17-31-36(33,34)23-24-11-5-4-6-12-24/h9,13,16,21-22,24,27,31H,2-8,10-12,14-15,17-20,23H2,1H3. The first-order valence-corrected chi connectivity index (χ1v) is 15.9. The van der Waals surface area contributed by atoms with Crippen LogP contribution in [-0.4, -0.2) is 56.3 Å². The minimum atomic E-state index is -3.13. The van der Waals surface area contributed by atoms with Crippen molar-refractivity contribution in [1.29, 1.82) is 0 Å². The number of hydrogen-bond donors (Lipinski definition) is 1. The van der Waals surface area contributed by atoms with E-state index in [2.05, 4.69) is 39.7 Å². The molecule has 0 unspecified atom stereocenters. The topological polar surface area (TPSA) is 71.5 Å². The summed E-state index contributed by atoms with van der Waals surface area (Å²) in [6.07, 6.45) is 15.2. The quantitative estimate of drug-likeness (QED) is 0.347. The minimum absolute atomic E-state index is 0.222. The molecule has 1 aromatic carbocycles. The van der Waals surface area contributed by atoms with Gasteiger partial charge in [0.25, 0.3) is 0 Å². The maximum absolute atomic E-state index is 12.4. The van der Waals surface area contributed by atoms with E-state index in [1.54, 1.807) is 0 Å². The van der Waals surface area contributed by atoms with Gasteiger partial charge in [-0.3, -0.25) is 4.98 Å². The molecular weight excluding hydrogens is 470 g/mol. The van der Waals surface area contributed by atoms with Crippen molar-refractivity contribution in [2.45, 2.75) is 90.1 Å². The lowest BCUT2D eigenvalue weighted by Crippen LogP contribution is -2.39. The van der Waals surface area contributed by atoms with E-state index in [-0.39, 0.29) is 6.10 Å². The molecule has 0 spiro atoms. The molecule has 1 saturated heterocycles. The summed E-state index contributed by atoms with van der Waals surface area (Å²) in [5.41, 5.74) is 2.30. The van der Waals surface area contributed by atoms with Crippen molar-refractivity contribution in [3.8, 4) is 5.75 Å². The summed E-state index contributed by atoms with van der Waals surface area (Å²) in [6.45, 7) is 5.86. The summed E-state index contributed by atoms with van der Waals surface area (Å²) in [6, 6.07) is 8.58. The molecule has 1 aromatic heterocycles. The van der Waals surface area contributed by atoms with Gasteiger partial charge in [0.15, 0.2) is 0 Å². The van der Waals surface area contributed by atoms with E-state index in [0.29, 0.717) is 18.2 Å². The van der Waals surface area contributed by atoms with Crippen molar-refractivity contribution >= 4 is 20.9 Å². The molecule has 2 fully saturated rings. The zero-order valence-corrected chi connectivity index (χ0v) is 22.9. The molecule has 0 radical (unpaired) electrons. The predicted molar refractivity (Wildman–Crippen MR) is 148 cm³/mol. The van der Waals surface area contributed by atoms with Crippen molar-refractivity contribution in [2.24, 2.45) is 5.92 Å². The van der Waals surface area contributed by atoms with E-state index in [9.17, 15) is 8.42 Å². The molecule has 1 N–H and O–H groups in total. The Hall–Kier alpha value is -1.70. The number of rotatable bonds is 13. The highest BCUT2D eigenvalue weighted by molar-refractivity contribution is 7.89. The second kappa shape index (κ2) is 13.7. The molecule has 1 aliphatic carbocycles. The van der Waals surface area contributed by atoms with E-state index in [0.717, 1.165) is 81.2 Å². The lowest BCUT2D eigenvalue weighted by molar-refractivity contribution is 0.101. The summed E-state index contributed by atoms with van der Waals surface area (Å²) in [5.74, 6) is 1.60. The summed E-state index contributed by atoms with van der Waals surface area (Å²) in [5, 5.41) is 1.16. The van der Waals surface area contributed by atoms with E-state index < -0.39 is 10.0 Å². The Labute approximate surface area is 218 Å². The first kappa shape index (κ1) is 27.3. The van der Waals surface area contributed by atoms with Gasteiger partial charge in [0.05, 0.1) is 5.75 Å². The second-order valence-electron chi connectivity index (χ2n) is 10.8. The molecular formula is C29H45N3O3S. The molecule has 2 heterocycles. The molecule has 1 aliphatic heterocycles. The van der Waals surface area contributed by atoms with E-state index >= 15 is 0 Å². The number of nitrogens with one attached hydrogen (secondary N) is 1. The van der Waals surface area contributed by atoms with Gasteiger partial charge in [0, 0.05) is 31.2 Å². The van der Waals surface area contributed by atoms with Crippen LogP contribution in [0, 0.1) is 5.92 Å². The van der Waals surface area contributed by atoms with Gasteiger partial charge in [-0.25, -0.2) is 13.1 Å². The fourth-order valence-corrected chi connectivity index (χ4v) is 7.20. The Morgan fingerprint density at radius 1 is 1.06 bits per heavy atom. The number of aryl methyl sites for hydroxylation is 1. The van der Waals surface area contributed by atoms with E-state index in [4.69, 9.17) is 4.74 Å². The van der Waals surface area contributed by atoms with Crippen molar-refractivity contribution in [3.63, 3.8) is 0 Å². The number of pyridine rings is 1. The molecule has 1 saturated carbocycles. The minimum Gasteiger partial charge on any atom is -0.488 e. The highest BCUT2D eigenvalue weighted by Crippen LogP contribution is 2.29. The Bertz CT molecular complexity index is 1040. The molecule has 6 nitrogen and oxygen atoms in total. The fraction of sp³-hybridized carbons (Fsp3) is 0.690. The summed E-state index contributed by atoms with van der Waals surface area (Å²) in [7, 11) is -3.13. The van der Waals surface area contributed by atoms with Crippen LogP contribution in [0.1, 0.15) is 83.1 Å². The van der Waals surface area contributed by atoms with Crippen LogP contribution in [-0.2, 0) is 16.4 Å². The van der Waals surface area contributed by atoms with Crippen LogP contribution in [0.25, 0.3) is 10.9 Å². The van der Waals surface area contributed by atoms with Gasteiger partial charge >= 0.3 is 0 Å². The first-order valence-electron chi connectivity index (χ1n) is 14.3. The molecule has 0 bridgehead atoms. The third-order valence-electron chi connectivity index (χ3n) is 7.78. The number of nitrogens with zero attached hydrogens (tertiary/aromatic N) is 2. The Morgan fingerprint density at radius 2 is 1.86 bits per heavy atom. The number of sulfonamides is 1. The van der Waals surface area contributed by atoms with Crippen molar-refractivity contribution in [1.82, 2.24) is 14.6 Å². The van der Waals surface area contributed by atoms with E-state index in [1.165, 1.54) is 37.7 Å².